The highest BCUT2D eigenvalue weighted by Crippen LogP contribution is 2.41. The molecule has 2 amide bonds. The molecule has 1 unspecified atom stereocenters. The lowest BCUT2D eigenvalue weighted by atomic mass is 10.0. The minimum absolute atomic E-state index is 0.0860. The number of benzene rings is 1. The van der Waals surface area contributed by atoms with Gasteiger partial charge < -0.3 is 14.8 Å². The summed E-state index contributed by atoms with van der Waals surface area (Å²) in [5.41, 5.74) is 1.88. The number of nitrogens with one attached hydrogen (secondary N) is 1. The van der Waals surface area contributed by atoms with Gasteiger partial charge in [0.05, 0.1) is 13.5 Å². The molecule has 1 aromatic carbocycles. The van der Waals surface area contributed by atoms with Crippen molar-refractivity contribution in [3.8, 4) is 5.75 Å². The van der Waals surface area contributed by atoms with Crippen LogP contribution in [0.4, 0.5) is 0 Å². The monoisotopic (exact) mass is 536 g/mol. The zero-order chi connectivity index (χ0) is 22.7. The van der Waals surface area contributed by atoms with Crippen LogP contribution in [0.2, 0.25) is 0 Å². The number of rotatable bonds is 8. The van der Waals surface area contributed by atoms with E-state index >= 15 is 0 Å². The van der Waals surface area contributed by atoms with Crippen molar-refractivity contribution in [2.24, 2.45) is 0 Å². The number of carbonyl (C=O) groups excluding carboxylic acids is 3. The molecule has 7 nitrogen and oxygen atoms in total. The molecular weight excluding hydrogens is 516 g/mol. The summed E-state index contributed by atoms with van der Waals surface area (Å²) in [6.45, 7) is 0.0860. The van der Waals surface area contributed by atoms with E-state index in [4.69, 9.17) is 9.47 Å². The van der Waals surface area contributed by atoms with Crippen LogP contribution >= 0.6 is 39.0 Å². The number of amides is 2. The molecule has 10 heteroatoms. The van der Waals surface area contributed by atoms with Gasteiger partial charge in [-0.15, -0.1) is 23.1 Å². The van der Waals surface area contributed by atoms with E-state index in [0.29, 0.717) is 11.1 Å². The van der Waals surface area contributed by atoms with Crippen molar-refractivity contribution in [1.29, 1.82) is 0 Å². The van der Waals surface area contributed by atoms with Crippen molar-refractivity contribution >= 4 is 56.8 Å². The van der Waals surface area contributed by atoms with Crippen molar-refractivity contribution in [2.75, 3.05) is 18.2 Å². The summed E-state index contributed by atoms with van der Waals surface area (Å²) in [4.78, 5) is 40.6. The van der Waals surface area contributed by atoms with E-state index in [9.17, 15) is 14.4 Å². The second kappa shape index (κ2) is 10.1. The van der Waals surface area contributed by atoms with Crippen molar-refractivity contribution in [3.63, 3.8) is 0 Å². The van der Waals surface area contributed by atoms with Crippen LogP contribution in [0.5, 0.6) is 5.75 Å². The Balaban J connectivity index is 1.41. The van der Waals surface area contributed by atoms with Crippen molar-refractivity contribution in [2.45, 2.75) is 24.4 Å². The third-order valence-electron chi connectivity index (χ3n) is 5.16. The van der Waals surface area contributed by atoms with Gasteiger partial charge in [0.1, 0.15) is 29.5 Å². The number of hydrogen-bond donors (Lipinski definition) is 1. The summed E-state index contributed by atoms with van der Waals surface area (Å²) in [6.07, 6.45) is 0.234. The molecule has 0 aliphatic carbocycles. The fourth-order valence-corrected chi connectivity index (χ4v) is 6.29. The van der Waals surface area contributed by atoms with E-state index in [2.05, 4.69) is 21.2 Å². The molecule has 1 fully saturated rings. The van der Waals surface area contributed by atoms with Crippen LogP contribution in [0.15, 0.2) is 53.0 Å². The van der Waals surface area contributed by atoms with Gasteiger partial charge in [-0.2, -0.15) is 0 Å². The average molecular weight is 537 g/mol. The fraction of sp³-hybridized carbons (Fsp3) is 0.318. The molecule has 2 atom stereocenters. The number of thiophene rings is 1. The van der Waals surface area contributed by atoms with E-state index in [1.54, 1.807) is 19.2 Å². The minimum atomic E-state index is -0.645. The van der Waals surface area contributed by atoms with Crippen LogP contribution in [-0.2, 0) is 32.1 Å². The molecule has 0 saturated carbocycles. The molecule has 2 aliphatic heterocycles. The summed E-state index contributed by atoms with van der Waals surface area (Å²) in [5, 5.41) is 4.87. The lowest BCUT2D eigenvalue weighted by molar-refractivity contribution is -0.153. The van der Waals surface area contributed by atoms with Crippen LogP contribution in [0.3, 0.4) is 0 Å². The molecular formula is C22H21BrN2O5S2. The van der Waals surface area contributed by atoms with Crippen LogP contribution in [-0.4, -0.2) is 52.3 Å². The first-order valence-corrected chi connectivity index (χ1v) is 12.9. The molecule has 3 heterocycles. The number of ether oxygens (including phenoxy) is 2. The van der Waals surface area contributed by atoms with Gasteiger partial charge in [-0.3, -0.25) is 14.5 Å². The molecule has 0 bridgehead atoms. The Bertz CT molecular complexity index is 1040. The molecule has 2 aliphatic rings. The number of methoxy groups -OCH3 is 1. The largest absolute Gasteiger partial charge is 0.497 e. The smallest absolute Gasteiger partial charge is 0.355 e. The molecule has 0 radical (unpaired) electrons. The van der Waals surface area contributed by atoms with Gasteiger partial charge in [0.25, 0.3) is 5.91 Å². The Hall–Kier alpha value is -2.30. The lowest BCUT2D eigenvalue weighted by Crippen LogP contribution is -2.70. The predicted octanol–water partition coefficient (Wildman–Crippen LogP) is 3.09. The van der Waals surface area contributed by atoms with Crippen LogP contribution in [0.1, 0.15) is 10.4 Å². The van der Waals surface area contributed by atoms with Crippen molar-refractivity contribution < 1.29 is 23.9 Å². The number of hydrogen-bond acceptors (Lipinski definition) is 7. The number of thioether (sulfide) groups is 1. The number of halogens is 1. The topological polar surface area (TPSA) is 84.9 Å². The second-order valence-corrected chi connectivity index (χ2v) is 9.92. The summed E-state index contributed by atoms with van der Waals surface area (Å²) in [6, 6.07) is 10.4. The summed E-state index contributed by atoms with van der Waals surface area (Å²) >= 11 is 6.44. The third kappa shape index (κ3) is 4.72. The SMILES string of the molecule is COc1ccc(COC(=O)C2=C(CBr)CS[C@H]3C(NC(=O)Cc4cccs4)C(=O)N23)cc1. The van der Waals surface area contributed by atoms with E-state index in [1.807, 2.05) is 29.6 Å². The van der Waals surface area contributed by atoms with E-state index in [0.717, 1.165) is 21.8 Å². The van der Waals surface area contributed by atoms with Crippen LogP contribution in [0.25, 0.3) is 0 Å². The standard InChI is InChI=1S/C22H21BrN2O5S2/c1-29-15-6-4-13(5-7-15)11-30-22(28)19-14(10-23)12-32-21-18(20(27)25(19)21)24-17(26)9-16-3-2-8-31-16/h2-8,18,21H,9-12H2,1H3,(H,24,26)/t18?,21-/m0/s1. The highest BCUT2D eigenvalue weighted by Gasteiger charge is 2.54. The van der Waals surface area contributed by atoms with Gasteiger partial charge >= 0.3 is 5.97 Å². The van der Waals surface area contributed by atoms with Gasteiger partial charge in [0, 0.05) is 16.0 Å². The number of β-lactam (4-membered cyclic amide) rings is 1. The van der Waals surface area contributed by atoms with Crippen molar-refractivity contribution in [1.82, 2.24) is 10.2 Å². The van der Waals surface area contributed by atoms with Crippen LogP contribution in [0, 0.1) is 0 Å². The first-order valence-electron chi connectivity index (χ1n) is 9.86. The number of fused-ring (bicyclic) bond motifs is 1. The van der Waals surface area contributed by atoms with Gasteiger partial charge in [-0.1, -0.05) is 34.1 Å². The Morgan fingerprint density at radius 1 is 1.25 bits per heavy atom. The van der Waals surface area contributed by atoms with E-state index in [1.165, 1.54) is 28.0 Å². The van der Waals surface area contributed by atoms with Crippen LogP contribution < -0.4 is 10.1 Å². The minimum Gasteiger partial charge on any atom is -0.497 e. The Morgan fingerprint density at radius 2 is 2.03 bits per heavy atom. The maximum atomic E-state index is 12.9. The Morgan fingerprint density at radius 3 is 2.69 bits per heavy atom. The van der Waals surface area contributed by atoms with Gasteiger partial charge in [-0.05, 0) is 34.7 Å². The average Bonchev–Trinajstić information content (AvgIpc) is 3.33. The van der Waals surface area contributed by atoms with Gasteiger partial charge in [0.2, 0.25) is 5.91 Å². The van der Waals surface area contributed by atoms with E-state index < -0.39 is 12.0 Å². The number of esters is 1. The van der Waals surface area contributed by atoms with Gasteiger partial charge in [0.15, 0.2) is 0 Å². The number of alkyl halides is 1. The lowest BCUT2D eigenvalue weighted by Gasteiger charge is -2.49. The Kier molecular flexibility index (Phi) is 7.22. The predicted molar refractivity (Wildman–Crippen MR) is 127 cm³/mol. The zero-order valence-electron chi connectivity index (χ0n) is 17.2. The molecule has 0 spiro atoms. The highest BCUT2D eigenvalue weighted by atomic mass is 79.9. The first kappa shape index (κ1) is 22.9. The molecule has 1 N–H and O–H groups in total. The zero-order valence-corrected chi connectivity index (χ0v) is 20.4. The molecule has 1 aromatic heterocycles. The maximum absolute atomic E-state index is 12.9. The van der Waals surface area contributed by atoms with Gasteiger partial charge in [-0.25, -0.2) is 4.79 Å². The molecule has 4 rings (SSSR count). The summed E-state index contributed by atoms with van der Waals surface area (Å²) in [5.74, 6) is 0.248. The fourth-order valence-electron chi connectivity index (χ4n) is 3.51. The quantitative estimate of drug-likeness (QED) is 0.317. The van der Waals surface area contributed by atoms with E-state index in [-0.39, 0.29) is 35.9 Å². The van der Waals surface area contributed by atoms with Crippen molar-refractivity contribution in [3.05, 3.63) is 63.5 Å². The normalized spacial score (nSPS) is 19.8. The maximum Gasteiger partial charge on any atom is 0.355 e. The molecule has 2 aromatic rings. The highest BCUT2D eigenvalue weighted by molar-refractivity contribution is 9.09. The molecule has 168 valence electrons. The second-order valence-electron chi connectivity index (χ2n) is 7.22. The summed E-state index contributed by atoms with van der Waals surface area (Å²) < 4.78 is 10.6. The molecule has 1 saturated heterocycles. The summed E-state index contributed by atoms with van der Waals surface area (Å²) in [7, 11) is 1.59. The Labute approximate surface area is 202 Å². The molecule has 32 heavy (non-hydrogen) atoms. The number of carbonyl (C=O) groups is 3. The first-order chi connectivity index (χ1) is 15.5. The third-order valence-corrected chi connectivity index (χ3v) is 8.06. The number of nitrogens with zero attached hydrogens (tertiary/aromatic N) is 1.